The predicted molar refractivity (Wildman–Crippen MR) is 71.7 cm³/mol. The maximum Gasteiger partial charge on any atom is 0.322 e. The van der Waals surface area contributed by atoms with Gasteiger partial charge in [-0.15, -0.1) is 11.8 Å². The second kappa shape index (κ2) is 6.74. The zero-order valence-electron chi connectivity index (χ0n) is 10.7. The van der Waals surface area contributed by atoms with E-state index in [-0.39, 0.29) is 5.88 Å². The second-order valence-corrected chi connectivity index (χ2v) is 7.03. The molecule has 1 rings (SSSR count). The van der Waals surface area contributed by atoms with E-state index >= 15 is 0 Å². The molecule has 106 valence electrons. The van der Waals surface area contributed by atoms with E-state index in [2.05, 4.69) is 0 Å². The molecule has 0 aliphatic carbocycles. The Kier molecular flexibility index (Phi) is 5.90. The van der Waals surface area contributed by atoms with Crippen molar-refractivity contribution in [1.82, 2.24) is 8.61 Å². The van der Waals surface area contributed by atoms with E-state index < -0.39 is 22.2 Å². The van der Waals surface area contributed by atoms with Crippen LogP contribution in [0, 0.1) is 0 Å². The van der Waals surface area contributed by atoms with E-state index in [1.165, 1.54) is 16.1 Å². The summed E-state index contributed by atoms with van der Waals surface area (Å²) in [7, 11) is -3.65. The van der Waals surface area contributed by atoms with E-state index in [0.29, 0.717) is 18.8 Å². The van der Waals surface area contributed by atoms with Crippen molar-refractivity contribution >= 4 is 27.9 Å². The Hall–Kier alpha value is -0.310. The quantitative estimate of drug-likeness (QED) is 0.752. The molecule has 18 heavy (non-hydrogen) atoms. The van der Waals surface area contributed by atoms with Crippen molar-refractivity contribution in [3.8, 4) is 0 Å². The van der Waals surface area contributed by atoms with Crippen LogP contribution in [0.2, 0.25) is 0 Å². The summed E-state index contributed by atoms with van der Waals surface area (Å²) >= 11 is 1.34. The zero-order valence-corrected chi connectivity index (χ0v) is 12.3. The molecule has 0 radical (unpaired) electrons. The number of carbonyl (C=O) groups is 1. The minimum absolute atomic E-state index is 0.225. The summed E-state index contributed by atoms with van der Waals surface area (Å²) in [6.07, 6.45) is 1.44. The molecule has 1 atom stereocenters. The molecule has 1 aliphatic rings. The lowest BCUT2D eigenvalue weighted by Gasteiger charge is -2.28. The first-order chi connectivity index (χ1) is 8.45. The summed E-state index contributed by atoms with van der Waals surface area (Å²) in [4.78, 5) is 11.1. The third-order valence-electron chi connectivity index (χ3n) is 2.70. The molecule has 0 aromatic carbocycles. The van der Waals surface area contributed by atoms with Crippen LogP contribution in [0.4, 0.5) is 0 Å². The SMILES string of the molecule is CCCN(CCC)S(=O)(=O)N1CSCC1C(=O)O. The smallest absolute Gasteiger partial charge is 0.322 e. The van der Waals surface area contributed by atoms with Crippen LogP contribution in [0.3, 0.4) is 0 Å². The number of carboxylic acid groups (broad SMARTS) is 1. The largest absolute Gasteiger partial charge is 0.480 e. The van der Waals surface area contributed by atoms with Gasteiger partial charge < -0.3 is 5.11 Å². The average Bonchev–Trinajstić information content (AvgIpc) is 2.78. The maximum absolute atomic E-state index is 12.4. The molecular formula is C10H20N2O4S2. The maximum atomic E-state index is 12.4. The highest BCUT2D eigenvalue weighted by Gasteiger charge is 2.41. The molecule has 8 heteroatoms. The Labute approximate surface area is 113 Å². The van der Waals surface area contributed by atoms with E-state index in [0.717, 1.165) is 17.1 Å². The number of aliphatic carboxylic acids is 1. The normalized spacial score (nSPS) is 21.6. The van der Waals surface area contributed by atoms with Crippen molar-refractivity contribution in [3.63, 3.8) is 0 Å². The highest BCUT2D eigenvalue weighted by molar-refractivity contribution is 8.00. The summed E-state index contributed by atoms with van der Waals surface area (Å²) in [5.74, 6) is -0.527. The summed E-state index contributed by atoms with van der Waals surface area (Å²) in [6.45, 7) is 4.69. The van der Waals surface area contributed by atoms with Gasteiger partial charge >= 0.3 is 5.97 Å². The topological polar surface area (TPSA) is 77.9 Å². The van der Waals surface area contributed by atoms with Crippen LogP contribution in [-0.2, 0) is 15.0 Å². The third-order valence-corrected chi connectivity index (χ3v) is 5.87. The Morgan fingerprint density at radius 2 is 1.94 bits per heavy atom. The van der Waals surface area contributed by atoms with Gasteiger partial charge in [-0.2, -0.15) is 17.0 Å². The first-order valence-electron chi connectivity index (χ1n) is 6.02. The zero-order chi connectivity index (χ0) is 13.8. The van der Waals surface area contributed by atoms with Crippen molar-refractivity contribution < 1.29 is 18.3 Å². The van der Waals surface area contributed by atoms with Crippen LogP contribution in [0.25, 0.3) is 0 Å². The van der Waals surface area contributed by atoms with Crippen LogP contribution < -0.4 is 0 Å². The third kappa shape index (κ3) is 3.37. The number of hydrogen-bond donors (Lipinski definition) is 1. The molecule has 0 saturated carbocycles. The first kappa shape index (κ1) is 15.7. The standard InChI is InChI=1S/C10H20N2O4S2/c1-3-5-11(6-4-2)18(15,16)12-8-17-7-9(12)10(13)14/h9H,3-8H2,1-2H3,(H,13,14). The molecular weight excluding hydrogens is 276 g/mol. The van der Waals surface area contributed by atoms with Gasteiger partial charge in [0, 0.05) is 18.8 Å². The molecule has 1 saturated heterocycles. The Morgan fingerprint density at radius 3 is 2.39 bits per heavy atom. The predicted octanol–water partition coefficient (Wildman–Crippen LogP) is 0.813. The van der Waals surface area contributed by atoms with Gasteiger partial charge in [-0.25, -0.2) is 0 Å². The second-order valence-electron chi connectivity index (χ2n) is 4.15. The summed E-state index contributed by atoms with van der Waals surface area (Å²) in [6, 6.07) is -0.934. The van der Waals surface area contributed by atoms with Crippen LogP contribution in [0.5, 0.6) is 0 Å². The summed E-state index contributed by atoms with van der Waals surface area (Å²) in [5.41, 5.74) is 0. The van der Waals surface area contributed by atoms with Gasteiger partial charge in [-0.05, 0) is 12.8 Å². The molecule has 6 nitrogen and oxygen atoms in total. The lowest BCUT2D eigenvalue weighted by Crippen LogP contribution is -2.49. The monoisotopic (exact) mass is 296 g/mol. The van der Waals surface area contributed by atoms with Crippen molar-refractivity contribution in [1.29, 1.82) is 0 Å². The van der Waals surface area contributed by atoms with E-state index in [1.54, 1.807) is 0 Å². The summed E-state index contributed by atoms with van der Waals surface area (Å²) < 4.78 is 27.3. The van der Waals surface area contributed by atoms with Gasteiger partial charge in [0.2, 0.25) is 0 Å². The lowest BCUT2D eigenvalue weighted by atomic mass is 10.4. The Balaban J connectivity index is 2.92. The molecule has 0 aromatic heterocycles. The molecule has 1 unspecified atom stereocenters. The number of carboxylic acids is 1. The minimum Gasteiger partial charge on any atom is -0.480 e. The lowest BCUT2D eigenvalue weighted by molar-refractivity contribution is -0.140. The molecule has 1 N–H and O–H groups in total. The van der Waals surface area contributed by atoms with Gasteiger partial charge in [-0.1, -0.05) is 13.8 Å². The van der Waals surface area contributed by atoms with Gasteiger partial charge in [0.05, 0.1) is 5.88 Å². The molecule has 0 spiro atoms. The molecule has 1 aliphatic heterocycles. The average molecular weight is 296 g/mol. The van der Waals surface area contributed by atoms with Gasteiger partial charge in [0.1, 0.15) is 6.04 Å². The van der Waals surface area contributed by atoms with E-state index in [1.807, 2.05) is 13.8 Å². The van der Waals surface area contributed by atoms with Gasteiger partial charge in [-0.3, -0.25) is 4.79 Å². The fourth-order valence-corrected chi connectivity index (χ4v) is 5.31. The Morgan fingerprint density at radius 1 is 1.39 bits per heavy atom. The van der Waals surface area contributed by atoms with Crippen molar-refractivity contribution in [2.45, 2.75) is 32.7 Å². The van der Waals surface area contributed by atoms with Crippen molar-refractivity contribution in [3.05, 3.63) is 0 Å². The van der Waals surface area contributed by atoms with Crippen molar-refractivity contribution in [2.24, 2.45) is 0 Å². The Bertz CT molecular complexity index is 379. The summed E-state index contributed by atoms with van der Waals surface area (Å²) in [5, 5.41) is 9.05. The van der Waals surface area contributed by atoms with Crippen LogP contribution in [0.15, 0.2) is 0 Å². The van der Waals surface area contributed by atoms with Crippen LogP contribution >= 0.6 is 11.8 Å². The van der Waals surface area contributed by atoms with E-state index in [9.17, 15) is 13.2 Å². The highest BCUT2D eigenvalue weighted by Crippen LogP contribution is 2.26. The minimum atomic E-state index is -3.65. The molecule has 0 amide bonds. The fraction of sp³-hybridized carbons (Fsp3) is 0.900. The van der Waals surface area contributed by atoms with Gasteiger partial charge in [0.15, 0.2) is 0 Å². The van der Waals surface area contributed by atoms with Crippen LogP contribution in [0.1, 0.15) is 26.7 Å². The number of thioether (sulfide) groups is 1. The molecule has 1 heterocycles. The number of hydrogen-bond acceptors (Lipinski definition) is 4. The first-order valence-corrected chi connectivity index (χ1v) is 8.57. The highest BCUT2D eigenvalue weighted by atomic mass is 32.2. The van der Waals surface area contributed by atoms with Gasteiger partial charge in [0.25, 0.3) is 10.2 Å². The molecule has 0 bridgehead atoms. The number of rotatable bonds is 7. The van der Waals surface area contributed by atoms with Crippen LogP contribution in [-0.4, -0.2) is 58.9 Å². The fourth-order valence-electron chi connectivity index (χ4n) is 1.84. The molecule has 1 fully saturated rings. The molecule has 0 aromatic rings. The number of nitrogens with zero attached hydrogens (tertiary/aromatic N) is 2. The van der Waals surface area contributed by atoms with E-state index in [4.69, 9.17) is 5.11 Å². The van der Waals surface area contributed by atoms with Crippen molar-refractivity contribution in [2.75, 3.05) is 24.7 Å².